The van der Waals surface area contributed by atoms with Gasteiger partial charge in [0.1, 0.15) is 5.54 Å². The molecule has 2 atom stereocenters. The lowest BCUT2D eigenvalue weighted by Crippen LogP contribution is -2.47. The molecule has 86 valence electrons. The fourth-order valence-electron chi connectivity index (χ4n) is 2.41. The summed E-state index contributed by atoms with van der Waals surface area (Å²) in [7, 11) is 0. The summed E-state index contributed by atoms with van der Waals surface area (Å²) in [5, 5.41) is 18.1. The Morgan fingerprint density at radius 2 is 1.87 bits per heavy atom. The molecule has 5 nitrogen and oxygen atoms in total. The number of nitrogens with two attached hydrogens (primary N) is 1. The predicted molar refractivity (Wildman–Crippen MR) is 53.4 cm³/mol. The average Bonchev–Trinajstić information content (AvgIpc) is 2.47. The van der Waals surface area contributed by atoms with Crippen molar-refractivity contribution in [3.05, 3.63) is 0 Å². The highest BCUT2D eigenvalue weighted by molar-refractivity contribution is 5.83. The van der Waals surface area contributed by atoms with Crippen molar-refractivity contribution >= 4 is 11.9 Å². The van der Waals surface area contributed by atoms with Gasteiger partial charge in [-0.1, -0.05) is 13.3 Å². The molecule has 0 aromatic carbocycles. The van der Waals surface area contributed by atoms with Crippen molar-refractivity contribution in [1.82, 2.24) is 0 Å². The molecule has 0 amide bonds. The van der Waals surface area contributed by atoms with Crippen molar-refractivity contribution in [3.63, 3.8) is 0 Å². The van der Waals surface area contributed by atoms with Crippen LogP contribution in [0.1, 0.15) is 39.0 Å². The summed E-state index contributed by atoms with van der Waals surface area (Å²) in [6, 6.07) is 0. The van der Waals surface area contributed by atoms with Crippen LogP contribution in [0.15, 0.2) is 0 Å². The summed E-state index contributed by atoms with van der Waals surface area (Å²) in [5.74, 6) is -2.01. The molecule has 0 saturated heterocycles. The molecule has 0 aliphatic heterocycles. The van der Waals surface area contributed by atoms with Crippen LogP contribution >= 0.6 is 0 Å². The second-order valence-electron chi connectivity index (χ2n) is 4.47. The molecule has 15 heavy (non-hydrogen) atoms. The molecule has 0 spiro atoms. The molecule has 5 heteroatoms. The van der Waals surface area contributed by atoms with Crippen LogP contribution in [0.25, 0.3) is 0 Å². The Labute approximate surface area is 88.3 Å². The minimum atomic E-state index is -1.35. The lowest BCUT2D eigenvalue weighted by molar-refractivity contribution is -0.150. The van der Waals surface area contributed by atoms with Crippen LogP contribution in [0.4, 0.5) is 0 Å². The van der Waals surface area contributed by atoms with E-state index in [4.69, 9.17) is 15.9 Å². The van der Waals surface area contributed by atoms with E-state index in [0.717, 1.165) is 6.42 Å². The number of aliphatic carboxylic acids is 2. The van der Waals surface area contributed by atoms with Crippen molar-refractivity contribution < 1.29 is 19.8 Å². The van der Waals surface area contributed by atoms with E-state index in [-0.39, 0.29) is 12.8 Å². The van der Waals surface area contributed by atoms with Gasteiger partial charge < -0.3 is 15.9 Å². The number of hydrogen-bond acceptors (Lipinski definition) is 3. The Morgan fingerprint density at radius 3 is 2.20 bits per heavy atom. The van der Waals surface area contributed by atoms with E-state index in [0.29, 0.717) is 12.8 Å². The van der Waals surface area contributed by atoms with Gasteiger partial charge in [-0.2, -0.15) is 0 Å². The summed E-state index contributed by atoms with van der Waals surface area (Å²) in [6.07, 6.45) is 1.86. The maximum atomic E-state index is 11.2. The second kappa shape index (κ2) is 3.81. The minimum Gasteiger partial charge on any atom is -0.481 e. The lowest BCUT2D eigenvalue weighted by Gasteiger charge is -2.25. The normalized spacial score (nSPS) is 35.3. The van der Waals surface area contributed by atoms with Gasteiger partial charge in [-0.25, -0.2) is 0 Å². The third-order valence-corrected chi connectivity index (χ3v) is 3.31. The molecule has 0 aromatic rings. The first-order chi connectivity index (χ1) is 6.86. The van der Waals surface area contributed by atoms with Crippen LogP contribution in [0.3, 0.4) is 0 Å². The highest BCUT2D eigenvalue weighted by atomic mass is 16.4. The van der Waals surface area contributed by atoms with E-state index >= 15 is 0 Å². The van der Waals surface area contributed by atoms with Crippen LogP contribution in [0.2, 0.25) is 0 Å². The highest BCUT2D eigenvalue weighted by Crippen LogP contribution is 2.46. The van der Waals surface area contributed by atoms with E-state index < -0.39 is 22.9 Å². The third kappa shape index (κ3) is 1.97. The zero-order chi connectivity index (χ0) is 11.7. The molecule has 0 radical (unpaired) electrons. The van der Waals surface area contributed by atoms with E-state index in [9.17, 15) is 9.59 Å². The molecule has 1 rings (SSSR count). The average molecular weight is 215 g/mol. The summed E-state index contributed by atoms with van der Waals surface area (Å²) in [4.78, 5) is 22.1. The molecular formula is C10H17NO4. The fourth-order valence-corrected chi connectivity index (χ4v) is 2.41. The number of rotatable bonds is 4. The quantitative estimate of drug-likeness (QED) is 0.644. The first-order valence-electron chi connectivity index (χ1n) is 5.12. The van der Waals surface area contributed by atoms with Gasteiger partial charge in [0.15, 0.2) is 0 Å². The maximum Gasteiger partial charge on any atom is 0.323 e. The van der Waals surface area contributed by atoms with Crippen molar-refractivity contribution in [1.29, 1.82) is 0 Å². The molecular weight excluding hydrogens is 198 g/mol. The van der Waals surface area contributed by atoms with Gasteiger partial charge in [0.25, 0.3) is 0 Å². The van der Waals surface area contributed by atoms with Gasteiger partial charge in [0, 0.05) is 0 Å². The van der Waals surface area contributed by atoms with Crippen molar-refractivity contribution in [2.45, 2.75) is 44.6 Å². The SMILES string of the molecule is CCC[C@@]1(C(=O)O)CC[C@](N)(C(=O)O)C1. The van der Waals surface area contributed by atoms with E-state index in [2.05, 4.69) is 0 Å². The zero-order valence-corrected chi connectivity index (χ0v) is 8.82. The molecule has 0 heterocycles. The largest absolute Gasteiger partial charge is 0.481 e. The smallest absolute Gasteiger partial charge is 0.323 e. The molecule has 0 aromatic heterocycles. The van der Waals surface area contributed by atoms with Gasteiger partial charge in [0.2, 0.25) is 0 Å². The van der Waals surface area contributed by atoms with Crippen molar-refractivity contribution in [2.75, 3.05) is 0 Å². The number of carboxylic acid groups (broad SMARTS) is 2. The Hall–Kier alpha value is -1.10. The Balaban J connectivity index is 2.89. The second-order valence-corrected chi connectivity index (χ2v) is 4.47. The number of hydrogen-bond donors (Lipinski definition) is 3. The monoisotopic (exact) mass is 215 g/mol. The summed E-state index contributed by atoms with van der Waals surface area (Å²) < 4.78 is 0. The highest BCUT2D eigenvalue weighted by Gasteiger charge is 2.53. The van der Waals surface area contributed by atoms with Crippen LogP contribution < -0.4 is 5.73 Å². The zero-order valence-electron chi connectivity index (χ0n) is 8.82. The Morgan fingerprint density at radius 1 is 1.27 bits per heavy atom. The van der Waals surface area contributed by atoms with Gasteiger partial charge in [-0.15, -0.1) is 0 Å². The first kappa shape index (κ1) is 12.0. The van der Waals surface area contributed by atoms with Crippen molar-refractivity contribution in [2.24, 2.45) is 11.1 Å². The van der Waals surface area contributed by atoms with Gasteiger partial charge >= 0.3 is 11.9 Å². The number of carboxylic acids is 2. The van der Waals surface area contributed by atoms with E-state index in [1.54, 1.807) is 0 Å². The van der Waals surface area contributed by atoms with Gasteiger partial charge in [-0.05, 0) is 25.7 Å². The lowest BCUT2D eigenvalue weighted by atomic mass is 9.80. The molecule has 1 saturated carbocycles. The van der Waals surface area contributed by atoms with Gasteiger partial charge in [0.05, 0.1) is 5.41 Å². The third-order valence-electron chi connectivity index (χ3n) is 3.31. The molecule has 0 bridgehead atoms. The Bertz CT molecular complexity index is 291. The fraction of sp³-hybridized carbons (Fsp3) is 0.800. The maximum absolute atomic E-state index is 11.2. The minimum absolute atomic E-state index is 0.0402. The van der Waals surface area contributed by atoms with Crippen LogP contribution in [0.5, 0.6) is 0 Å². The van der Waals surface area contributed by atoms with Crippen LogP contribution in [-0.2, 0) is 9.59 Å². The van der Waals surface area contributed by atoms with E-state index in [1.807, 2.05) is 6.92 Å². The molecule has 1 aliphatic rings. The predicted octanol–water partition coefficient (Wildman–Crippen LogP) is 0.823. The van der Waals surface area contributed by atoms with E-state index in [1.165, 1.54) is 0 Å². The summed E-state index contributed by atoms with van der Waals surface area (Å²) in [5.41, 5.74) is 3.40. The summed E-state index contributed by atoms with van der Waals surface area (Å²) in [6.45, 7) is 1.89. The summed E-state index contributed by atoms with van der Waals surface area (Å²) >= 11 is 0. The molecule has 4 N–H and O–H groups in total. The van der Waals surface area contributed by atoms with Crippen LogP contribution in [-0.4, -0.2) is 27.7 Å². The standard InChI is InChI=1S/C10H17NO4/c1-2-3-9(7(12)13)4-5-10(11,6-9)8(14)15/h2-6,11H2,1H3,(H,12,13)(H,14,15)/t9-,10-/m1/s1. The Kier molecular flexibility index (Phi) is 3.04. The molecule has 0 unspecified atom stereocenters. The van der Waals surface area contributed by atoms with Crippen molar-refractivity contribution in [3.8, 4) is 0 Å². The van der Waals surface area contributed by atoms with Gasteiger partial charge in [-0.3, -0.25) is 9.59 Å². The van der Waals surface area contributed by atoms with Crippen LogP contribution in [0, 0.1) is 5.41 Å². The molecule has 1 fully saturated rings. The topological polar surface area (TPSA) is 101 Å². The number of carbonyl (C=O) groups is 2. The molecule has 1 aliphatic carbocycles. The first-order valence-corrected chi connectivity index (χ1v) is 5.12.